The zero-order valence-corrected chi connectivity index (χ0v) is 15.3. The summed E-state index contributed by atoms with van der Waals surface area (Å²) in [6.45, 7) is 1.80. The minimum Gasteiger partial charge on any atom is -0.480 e. The monoisotopic (exact) mass is 376 g/mol. The van der Waals surface area contributed by atoms with E-state index in [1.807, 2.05) is 0 Å². The molecule has 1 unspecified atom stereocenters. The highest BCUT2D eigenvalue weighted by Crippen LogP contribution is 2.17. The highest BCUT2D eigenvalue weighted by atomic mass is 16.4. The number of likely N-dealkylation sites (tertiary alicyclic amines) is 1. The second kappa shape index (κ2) is 9.65. The molecular weight excluding hydrogens is 352 g/mol. The van der Waals surface area contributed by atoms with E-state index in [2.05, 4.69) is 10.3 Å². The molecule has 9 nitrogen and oxygen atoms in total. The summed E-state index contributed by atoms with van der Waals surface area (Å²) in [5.74, 6) is -1.97. The van der Waals surface area contributed by atoms with Gasteiger partial charge in [0.2, 0.25) is 11.8 Å². The zero-order chi connectivity index (χ0) is 19.8. The van der Waals surface area contributed by atoms with Gasteiger partial charge in [-0.1, -0.05) is 6.07 Å². The molecule has 0 saturated carbocycles. The Balaban J connectivity index is 1.87. The third-order valence-corrected chi connectivity index (χ3v) is 4.50. The standard InChI is InChI=1S/C18H24N4O5/c1-13(23)22(12-17(25)26)14-5-4-9-21(10-7-14)16(24)11-20-18(27)15-6-2-3-8-19-15/h2-3,6,8,14H,4-5,7,9-12H2,1H3,(H,20,27)(H,25,26). The van der Waals surface area contributed by atoms with E-state index in [4.69, 9.17) is 5.11 Å². The normalized spacial score (nSPS) is 16.9. The smallest absolute Gasteiger partial charge is 0.323 e. The second-order valence-corrected chi connectivity index (χ2v) is 6.40. The lowest BCUT2D eigenvalue weighted by molar-refractivity contribution is -0.145. The molecule has 27 heavy (non-hydrogen) atoms. The fourth-order valence-corrected chi connectivity index (χ4v) is 3.14. The van der Waals surface area contributed by atoms with Gasteiger partial charge >= 0.3 is 5.97 Å². The number of carbonyl (C=O) groups is 4. The van der Waals surface area contributed by atoms with Gasteiger partial charge in [0.15, 0.2) is 0 Å². The molecule has 2 heterocycles. The molecule has 0 aromatic carbocycles. The van der Waals surface area contributed by atoms with Gasteiger partial charge in [0.05, 0.1) is 6.54 Å². The molecule has 1 aromatic heterocycles. The largest absolute Gasteiger partial charge is 0.480 e. The maximum Gasteiger partial charge on any atom is 0.323 e. The van der Waals surface area contributed by atoms with Crippen LogP contribution in [-0.4, -0.2) is 75.8 Å². The minimum atomic E-state index is -1.06. The number of carboxylic acid groups (broad SMARTS) is 1. The van der Waals surface area contributed by atoms with Crippen molar-refractivity contribution in [3.05, 3.63) is 30.1 Å². The van der Waals surface area contributed by atoms with Crippen molar-refractivity contribution in [3.63, 3.8) is 0 Å². The van der Waals surface area contributed by atoms with Gasteiger partial charge in [-0.25, -0.2) is 0 Å². The van der Waals surface area contributed by atoms with Crippen LogP contribution in [0.15, 0.2) is 24.4 Å². The Morgan fingerprint density at radius 3 is 2.67 bits per heavy atom. The Hall–Kier alpha value is -2.97. The molecule has 0 aliphatic carbocycles. The van der Waals surface area contributed by atoms with Crippen LogP contribution in [0.2, 0.25) is 0 Å². The van der Waals surface area contributed by atoms with E-state index in [0.29, 0.717) is 32.4 Å². The molecule has 1 aromatic rings. The van der Waals surface area contributed by atoms with Crippen LogP contribution >= 0.6 is 0 Å². The maximum absolute atomic E-state index is 12.4. The molecule has 2 N–H and O–H groups in total. The fraction of sp³-hybridized carbons (Fsp3) is 0.500. The van der Waals surface area contributed by atoms with E-state index in [-0.39, 0.29) is 36.6 Å². The third kappa shape index (κ3) is 6.05. The van der Waals surface area contributed by atoms with Crippen LogP contribution in [-0.2, 0) is 14.4 Å². The van der Waals surface area contributed by atoms with E-state index in [1.54, 1.807) is 23.1 Å². The SMILES string of the molecule is CC(=O)N(CC(=O)O)C1CCCN(C(=O)CNC(=O)c2ccccn2)CC1. The first kappa shape index (κ1) is 20.3. The summed E-state index contributed by atoms with van der Waals surface area (Å²) in [7, 11) is 0. The topological polar surface area (TPSA) is 120 Å². The maximum atomic E-state index is 12.4. The van der Waals surface area contributed by atoms with Crippen molar-refractivity contribution in [2.45, 2.75) is 32.2 Å². The number of nitrogens with zero attached hydrogens (tertiary/aromatic N) is 3. The summed E-state index contributed by atoms with van der Waals surface area (Å²) in [6.07, 6.45) is 3.31. The van der Waals surface area contributed by atoms with Crippen molar-refractivity contribution < 1.29 is 24.3 Å². The van der Waals surface area contributed by atoms with Crippen molar-refractivity contribution >= 4 is 23.7 Å². The molecule has 1 saturated heterocycles. The predicted molar refractivity (Wildman–Crippen MR) is 95.8 cm³/mol. The predicted octanol–water partition coefficient (Wildman–Crippen LogP) is 0.126. The Bertz CT molecular complexity index is 694. The lowest BCUT2D eigenvalue weighted by Crippen LogP contribution is -2.44. The molecule has 0 bridgehead atoms. The van der Waals surface area contributed by atoms with Gasteiger partial charge in [-0.2, -0.15) is 0 Å². The van der Waals surface area contributed by atoms with Crippen molar-refractivity contribution in [3.8, 4) is 0 Å². The molecule has 1 atom stereocenters. The van der Waals surface area contributed by atoms with Gasteiger partial charge in [0.25, 0.3) is 5.91 Å². The summed E-state index contributed by atoms with van der Waals surface area (Å²) < 4.78 is 0. The van der Waals surface area contributed by atoms with Gasteiger partial charge in [-0.05, 0) is 31.4 Å². The minimum absolute atomic E-state index is 0.133. The highest BCUT2D eigenvalue weighted by molar-refractivity contribution is 5.94. The number of carboxylic acids is 1. The van der Waals surface area contributed by atoms with Crippen LogP contribution in [0.4, 0.5) is 0 Å². The molecule has 1 aliphatic heterocycles. The Labute approximate surface area is 157 Å². The van der Waals surface area contributed by atoms with Crippen LogP contribution in [0.25, 0.3) is 0 Å². The number of aliphatic carboxylic acids is 1. The van der Waals surface area contributed by atoms with Gasteiger partial charge in [0.1, 0.15) is 12.2 Å². The van der Waals surface area contributed by atoms with Gasteiger partial charge in [-0.3, -0.25) is 24.2 Å². The number of rotatable bonds is 6. The molecule has 9 heteroatoms. The molecule has 0 spiro atoms. The summed E-state index contributed by atoms with van der Waals surface area (Å²) in [5, 5.41) is 11.5. The number of carbonyl (C=O) groups excluding carboxylic acids is 3. The summed E-state index contributed by atoms with van der Waals surface area (Å²) in [5.41, 5.74) is 0.243. The Kier molecular flexibility index (Phi) is 7.27. The van der Waals surface area contributed by atoms with E-state index >= 15 is 0 Å². The first-order chi connectivity index (χ1) is 12.9. The van der Waals surface area contributed by atoms with Crippen LogP contribution in [0.3, 0.4) is 0 Å². The molecule has 0 radical (unpaired) electrons. The number of hydrogen-bond donors (Lipinski definition) is 2. The van der Waals surface area contributed by atoms with Crippen molar-refractivity contribution in [1.82, 2.24) is 20.1 Å². The van der Waals surface area contributed by atoms with Crippen LogP contribution < -0.4 is 5.32 Å². The number of amides is 3. The van der Waals surface area contributed by atoms with Gasteiger partial charge < -0.3 is 20.2 Å². The molecule has 146 valence electrons. The first-order valence-corrected chi connectivity index (χ1v) is 8.84. The van der Waals surface area contributed by atoms with Crippen LogP contribution in [0.1, 0.15) is 36.7 Å². The number of nitrogens with one attached hydrogen (secondary N) is 1. The van der Waals surface area contributed by atoms with Crippen molar-refractivity contribution in [1.29, 1.82) is 0 Å². The quantitative estimate of drug-likeness (QED) is 0.728. The van der Waals surface area contributed by atoms with E-state index in [9.17, 15) is 19.2 Å². The lowest BCUT2D eigenvalue weighted by Gasteiger charge is -2.28. The Morgan fingerprint density at radius 1 is 1.26 bits per heavy atom. The van der Waals surface area contributed by atoms with Crippen molar-refractivity contribution in [2.24, 2.45) is 0 Å². The van der Waals surface area contributed by atoms with Crippen LogP contribution in [0.5, 0.6) is 0 Å². The summed E-state index contributed by atoms with van der Waals surface area (Å²) in [4.78, 5) is 54.0. The van der Waals surface area contributed by atoms with E-state index in [1.165, 1.54) is 18.0 Å². The number of hydrogen-bond acceptors (Lipinski definition) is 5. The molecule has 1 aliphatic rings. The summed E-state index contributed by atoms with van der Waals surface area (Å²) >= 11 is 0. The Morgan fingerprint density at radius 2 is 2.04 bits per heavy atom. The molecule has 2 rings (SSSR count). The van der Waals surface area contributed by atoms with Crippen molar-refractivity contribution in [2.75, 3.05) is 26.2 Å². The average molecular weight is 376 g/mol. The zero-order valence-electron chi connectivity index (χ0n) is 15.3. The van der Waals surface area contributed by atoms with Crippen LogP contribution in [0, 0.1) is 0 Å². The molecule has 1 fully saturated rings. The highest BCUT2D eigenvalue weighted by Gasteiger charge is 2.27. The first-order valence-electron chi connectivity index (χ1n) is 8.84. The van der Waals surface area contributed by atoms with Gasteiger partial charge in [0, 0.05) is 32.3 Å². The lowest BCUT2D eigenvalue weighted by atomic mass is 10.1. The van der Waals surface area contributed by atoms with E-state index < -0.39 is 11.9 Å². The van der Waals surface area contributed by atoms with E-state index in [0.717, 1.165) is 0 Å². The molecular formula is C18H24N4O5. The average Bonchev–Trinajstić information content (AvgIpc) is 2.90. The third-order valence-electron chi connectivity index (χ3n) is 4.50. The number of pyridine rings is 1. The molecule has 3 amide bonds. The summed E-state index contributed by atoms with van der Waals surface area (Å²) in [6, 6.07) is 4.75. The van der Waals surface area contributed by atoms with Gasteiger partial charge in [-0.15, -0.1) is 0 Å². The number of aromatic nitrogens is 1. The second-order valence-electron chi connectivity index (χ2n) is 6.40. The fourth-order valence-electron chi connectivity index (χ4n) is 3.14.